The predicted molar refractivity (Wildman–Crippen MR) is 113 cm³/mol. The molecule has 29 heavy (non-hydrogen) atoms. The average molecular weight is 411 g/mol. The molecular formula is C21H19ClN4O3. The molecule has 0 bridgehead atoms. The predicted octanol–water partition coefficient (Wildman–Crippen LogP) is 3.26. The summed E-state index contributed by atoms with van der Waals surface area (Å²) >= 11 is 5.99. The molecule has 8 heteroatoms. The molecule has 0 spiro atoms. The highest BCUT2D eigenvalue weighted by Crippen LogP contribution is 2.24. The van der Waals surface area contributed by atoms with Crippen LogP contribution < -0.4 is 16.0 Å². The molecule has 0 radical (unpaired) electrons. The maximum absolute atomic E-state index is 12.4. The standard InChI is InChI=1S/C21H19ClN4O3/c1-13(27)26-18-5-3-2-4-16(18)20(28)21(29)25-11-10-24-17-8-9-23-19-12-14(22)6-7-15(17)19/h2-9,12H,10-11H2,1H3,(H,23,24)(H,25,29)(H,26,27). The number of halogens is 1. The molecule has 3 rings (SSSR count). The fraction of sp³-hybridized carbons (Fsp3) is 0.143. The van der Waals surface area contributed by atoms with Gasteiger partial charge in [-0.15, -0.1) is 0 Å². The number of carbonyl (C=O) groups is 3. The minimum absolute atomic E-state index is 0.144. The molecule has 1 aromatic heterocycles. The van der Waals surface area contributed by atoms with E-state index in [1.165, 1.54) is 13.0 Å². The molecule has 7 nitrogen and oxygen atoms in total. The van der Waals surface area contributed by atoms with E-state index in [9.17, 15) is 14.4 Å². The van der Waals surface area contributed by atoms with Crippen LogP contribution in [0.1, 0.15) is 17.3 Å². The molecule has 0 aliphatic carbocycles. The van der Waals surface area contributed by atoms with Gasteiger partial charge in [0.05, 0.1) is 16.8 Å². The number of para-hydroxylation sites is 1. The van der Waals surface area contributed by atoms with E-state index >= 15 is 0 Å². The van der Waals surface area contributed by atoms with Crippen LogP contribution in [0.25, 0.3) is 10.9 Å². The normalized spacial score (nSPS) is 10.4. The molecule has 3 N–H and O–H groups in total. The number of hydrogen-bond acceptors (Lipinski definition) is 5. The van der Waals surface area contributed by atoms with Gasteiger partial charge >= 0.3 is 0 Å². The summed E-state index contributed by atoms with van der Waals surface area (Å²) in [5.74, 6) is -1.77. The van der Waals surface area contributed by atoms with E-state index in [4.69, 9.17) is 11.6 Å². The van der Waals surface area contributed by atoms with Gasteiger partial charge in [-0.3, -0.25) is 19.4 Å². The summed E-state index contributed by atoms with van der Waals surface area (Å²) in [6.07, 6.45) is 1.67. The summed E-state index contributed by atoms with van der Waals surface area (Å²) in [5, 5.41) is 9.86. The number of ketones is 1. The first-order chi connectivity index (χ1) is 14.0. The number of fused-ring (bicyclic) bond motifs is 1. The van der Waals surface area contributed by atoms with Crippen LogP contribution in [0, 0.1) is 0 Å². The molecule has 0 saturated heterocycles. The Balaban J connectivity index is 1.58. The van der Waals surface area contributed by atoms with Crippen molar-refractivity contribution in [2.75, 3.05) is 23.7 Å². The maximum atomic E-state index is 12.4. The van der Waals surface area contributed by atoms with Crippen LogP contribution in [0.2, 0.25) is 5.02 Å². The Labute approximate surface area is 172 Å². The van der Waals surface area contributed by atoms with Crippen LogP contribution in [-0.2, 0) is 9.59 Å². The van der Waals surface area contributed by atoms with Crippen LogP contribution in [-0.4, -0.2) is 35.7 Å². The molecule has 0 fully saturated rings. The lowest BCUT2D eigenvalue weighted by Crippen LogP contribution is -2.34. The Kier molecular flexibility index (Phi) is 6.41. The number of anilines is 2. The number of rotatable bonds is 7. The Morgan fingerprint density at radius 1 is 1.00 bits per heavy atom. The summed E-state index contributed by atoms with van der Waals surface area (Å²) in [4.78, 5) is 40.2. The molecule has 0 saturated carbocycles. The minimum Gasteiger partial charge on any atom is -0.383 e. The van der Waals surface area contributed by atoms with E-state index in [-0.39, 0.29) is 18.0 Å². The van der Waals surface area contributed by atoms with E-state index in [0.29, 0.717) is 17.3 Å². The van der Waals surface area contributed by atoms with Crippen molar-refractivity contribution in [2.45, 2.75) is 6.92 Å². The van der Waals surface area contributed by atoms with E-state index < -0.39 is 11.7 Å². The molecule has 2 amide bonds. The van der Waals surface area contributed by atoms with Crippen LogP contribution in [0.15, 0.2) is 54.7 Å². The molecule has 2 aromatic carbocycles. The van der Waals surface area contributed by atoms with Crippen LogP contribution in [0.4, 0.5) is 11.4 Å². The second-order valence-electron chi connectivity index (χ2n) is 6.26. The summed E-state index contributed by atoms with van der Waals surface area (Å²) in [6.45, 7) is 1.99. The van der Waals surface area contributed by atoms with E-state index in [1.54, 1.807) is 36.5 Å². The van der Waals surface area contributed by atoms with Gasteiger partial charge in [-0.2, -0.15) is 0 Å². The first-order valence-corrected chi connectivity index (χ1v) is 9.31. The molecule has 148 valence electrons. The van der Waals surface area contributed by atoms with Gasteiger partial charge in [0.1, 0.15) is 0 Å². The third-order valence-electron chi connectivity index (χ3n) is 4.12. The largest absolute Gasteiger partial charge is 0.383 e. The number of Topliss-reactive ketones (excluding diaryl/α,β-unsaturated/α-hetero) is 1. The van der Waals surface area contributed by atoms with Crippen molar-refractivity contribution >= 4 is 51.5 Å². The number of amides is 2. The van der Waals surface area contributed by atoms with Gasteiger partial charge in [-0.25, -0.2) is 0 Å². The zero-order chi connectivity index (χ0) is 20.8. The van der Waals surface area contributed by atoms with Gasteiger partial charge < -0.3 is 16.0 Å². The second-order valence-corrected chi connectivity index (χ2v) is 6.69. The van der Waals surface area contributed by atoms with Crippen molar-refractivity contribution in [1.82, 2.24) is 10.3 Å². The van der Waals surface area contributed by atoms with E-state index in [2.05, 4.69) is 20.9 Å². The lowest BCUT2D eigenvalue weighted by molar-refractivity contribution is -0.117. The highest BCUT2D eigenvalue weighted by Gasteiger charge is 2.19. The molecule has 0 atom stereocenters. The Bertz CT molecular complexity index is 1080. The van der Waals surface area contributed by atoms with Gasteiger partial charge in [0.25, 0.3) is 11.7 Å². The van der Waals surface area contributed by atoms with Crippen LogP contribution in [0.5, 0.6) is 0 Å². The van der Waals surface area contributed by atoms with Crippen molar-refractivity contribution in [3.63, 3.8) is 0 Å². The zero-order valence-electron chi connectivity index (χ0n) is 15.7. The van der Waals surface area contributed by atoms with Crippen molar-refractivity contribution in [2.24, 2.45) is 0 Å². The number of nitrogens with one attached hydrogen (secondary N) is 3. The van der Waals surface area contributed by atoms with Crippen molar-refractivity contribution in [3.8, 4) is 0 Å². The van der Waals surface area contributed by atoms with Crippen LogP contribution >= 0.6 is 11.6 Å². The van der Waals surface area contributed by atoms with Gasteiger partial charge in [0.2, 0.25) is 5.91 Å². The summed E-state index contributed by atoms with van der Waals surface area (Å²) in [5.41, 5.74) is 2.06. The third kappa shape index (κ3) is 5.08. The van der Waals surface area contributed by atoms with Gasteiger partial charge in [0, 0.05) is 42.3 Å². The average Bonchev–Trinajstić information content (AvgIpc) is 2.70. The Morgan fingerprint density at radius 3 is 2.59 bits per heavy atom. The summed E-state index contributed by atoms with van der Waals surface area (Å²) < 4.78 is 0. The Morgan fingerprint density at radius 2 is 1.79 bits per heavy atom. The summed E-state index contributed by atoms with van der Waals surface area (Å²) in [6, 6.07) is 13.6. The molecule has 0 aliphatic heterocycles. The lowest BCUT2D eigenvalue weighted by atomic mass is 10.1. The second kappa shape index (κ2) is 9.16. The van der Waals surface area contributed by atoms with Gasteiger partial charge in [0.15, 0.2) is 0 Å². The van der Waals surface area contributed by atoms with Gasteiger partial charge in [-0.05, 0) is 36.4 Å². The smallest absolute Gasteiger partial charge is 0.292 e. The third-order valence-corrected chi connectivity index (χ3v) is 4.35. The SMILES string of the molecule is CC(=O)Nc1ccccc1C(=O)C(=O)NCCNc1ccnc2cc(Cl)ccc12. The van der Waals surface area contributed by atoms with Crippen molar-refractivity contribution in [3.05, 3.63) is 65.3 Å². The number of hydrogen-bond donors (Lipinski definition) is 3. The van der Waals surface area contributed by atoms with Crippen LogP contribution in [0.3, 0.4) is 0 Å². The highest BCUT2D eigenvalue weighted by molar-refractivity contribution is 6.44. The number of carbonyl (C=O) groups excluding carboxylic acids is 3. The highest BCUT2D eigenvalue weighted by atomic mass is 35.5. The monoisotopic (exact) mass is 410 g/mol. The topological polar surface area (TPSA) is 100 Å². The lowest BCUT2D eigenvalue weighted by Gasteiger charge is -2.11. The van der Waals surface area contributed by atoms with E-state index in [1.807, 2.05) is 12.1 Å². The summed E-state index contributed by atoms with van der Waals surface area (Å²) in [7, 11) is 0. The molecule has 1 heterocycles. The first kappa shape index (κ1) is 20.3. The Hall–Kier alpha value is -3.45. The fourth-order valence-electron chi connectivity index (χ4n) is 2.83. The fourth-order valence-corrected chi connectivity index (χ4v) is 3.00. The maximum Gasteiger partial charge on any atom is 0.292 e. The molecular weight excluding hydrogens is 392 g/mol. The van der Waals surface area contributed by atoms with Gasteiger partial charge in [-0.1, -0.05) is 23.7 Å². The number of pyridine rings is 1. The minimum atomic E-state index is -0.740. The van der Waals surface area contributed by atoms with Crippen molar-refractivity contribution < 1.29 is 14.4 Å². The number of benzene rings is 2. The molecule has 0 unspecified atom stereocenters. The molecule has 3 aromatic rings. The first-order valence-electron chi connectivity index (χ1n) is 8.93. The van der Waals surface area contributed by atoms with Crippen molar-refractivity contribution in [1.29, 1.82) is 0 Å². The zero-order valence-corrected chi connectivity index (χ0v) is 16.4. The molecule has 0 aliphatic rings. The number of nitrogens with zero attached hydrogens (tertiary/aromatic N) is 1. The quantitative estimate of drug-likeness (QED) is 0.315. The number of aromatic nitrogens is 1. The van der Waals surface area contributed by atoms with E-state index in [0.717, 1.165) is 16.6 Å².